The van der Waals surface area contributed by atoms with Gasteiger partial charge >= 0.3 is 0 Å². The molecule has 0 saturated carbocycles. The molecule has 0 aromatic heterocycles. The van der Waals surface area contributed by atoms with Crippen LogP contribution in [0.25, 0.3) is 0 Å². The highest BCUT2D eigenvalue weighted by molar-refractivity contribution is 6.43. The minimum atomic E-state index is -0.489. The lowest BCUT2D eigenvalue weighted by Gasteiger charge is -2.25. The first-order valence-electron chi connectivity index (χ1n) is 5.25. The normalized spacial score (nSPS) is 11.4. The Morgan fingerprint density at radius 3 is 2.65 bits per heavy atom. The van der Waals surface area contributed by atoms with Gasteiger partial charge in [-0.2, -0.15) is 0 Å². The van der Waals surface area contributed by atoms with E-state index in [9.17, 15) is 4.79 Å². The quantitative estimate of drug-likeness (QED) is 0.888. The number of benzene rings is 1. The molecule has 1 aromatic carbocycles. The molecule has 0 saturated heterocycles. The van der Waals surface area contributed by atoms with Crippen molar-refractivity contribution in [3.8, 4) is 0 Å². The van der Waals surface area contributed by atoms with E-state index in [-0.39, 0.29) is 17.5 Å². The molecule has 1 rings (SSSR count). The molecule has 1 amide bonds. The number of hydrogen-bond acceptors (Lipinski definition) is 2. The molecule has 3 nitrogen and oxygen atoms in total. The Hall–Kier alpha value is -0.770. The molecule has 0 bridgehead atoms. The second-order valence-electron chi connectivity index (χ2n) is 4.41. The number of nitrogens with one attached hydrogen (secondary N) is 1. The van der Waals surface area contributed by atoms with E-state index in [2.05, 4.69) is 5.32 Å². The van der Waals surface area contributed by atoms with Crippen LogP contribution in [0.2, 0.25) is 10.0 Å². The third-order valence-corrected chi connectivity index (χ3v) is 3.20. The van der Waals surface area contributed by atoms with Crippen LogP contribution in [0.1, 0.15) is 30.6 Å². The summed E-state index contributed by atoms with van der Waals surface area (Å²) < 4.78 is 0. The van der Waals surface area contributed by atoms with Crippen LogP contribution in [0.4, 0.5) is 0 Å². The lowest BCUT2D eigenvalue weighted by atomic mass is 10.0. The Morgan fingerprint density at radius 1 is 1.41 bits per heavy atom. The highest BCUT2D eigenvalue weighted by Crippen LogP contribution is 2.25. The van der Waals surface area contributed by atoms with Gasteiger partial charge in [-0.1, -0.05) is 29.3 Å². The first kappa shape index (κ1) is 14.3. The Kier molecular flexibility index (Phi) is 4.80. The molecule has 0 atom stereocenters. The second-order valence-corrected chi connectivity index (χ2v) is 5.20. The van der Waals surface area contributed by atoms with Crippen molar-refractivity contribution < 1.29 is 9.90 Å². The van der Waals surface area contributed by atoms with Crippen LogP contribution in [-0.4, -0.2) is 23.2 Å². The van der Waals surface area contributed by atoms with Crippen molar-refractivity contribution in [2.45, 2.75) is 25.8 Å². The lowest BCUT2D eigenvalue weighted by Crippen LogP contribution is -2.44. The highest BCUT2D eigenvalue weighted by Gasteiger charge is 2.22. The van der Waals surface area contributed by atoms with Gasteiger partial charge in [-0.05, 0) is 32.4 Å². The zero-order valence-electron chi connectivity index (χ0n) is 9.76. The Balaban J connectivity index is 2.87. The first-order valence-corrected chi connectivity index (χ1v) is 6.00. The summed E-state index contributed by atoms with van der Waals surface area (Å²) in [7, 11) is 0. The van der Waals surface area contributed by atoms with Gasteiger partial charge in [-0.3, -0.25) is 4.79 Å². The molecule has 2 N–H and O–H groups in total. The number of amides is 1. The maximum absolute atomic E-state index is 12.0. The molecular formula is C12H15Cl2NO2. The molecule has 17 heavy (non-hydrogen) atoms. The maximum atomic E-state index is 12.0. The van der Waals surface area contributed by atoms with Crippen LogP contribution in [0.15, 0.2) is 18.2 Å². The van der Waals surface area contributed by atoms with Gasteiger partial charge in [-0.15, -0.1) is 0 Å². The van der Waals surface area contributed by atoms with Crippen LogP contribution < -0.4 is 5.32 Å². The van der Waals surface area contributed by atoms with Crippen molar-refractivity contribution in [2.24, 2.45) is 0 Å². The molecule has 0 heterocycles. The molecule has 5 heteroatoms. The lowest BCUT2D eigenvalue weighted by molar-refractivity contribution is 0.0899. The molecule has 0 aliphatic carbocycles. The number of hydrogen-bond donors (Lipinski definition) is 2. The molecule has 0 spiro atoms. The van der Waals surface area contributed by atoms with Crippen molar-refractivity contribution in [1.29, 1.82) is 0 Å². The summed E-state index contributed by atoms with van der Waals surface area (Å²) in [5.41, 5.74) is -0.150. The van der Waals surface area contributed by atoms with E-state index < -0.39 is 5.54 Å². The van der Waals surface area contributed by atoms with E-state index >= 15 is 0 Å². The van der Waals surface area contributed by atoms with Gasteiger partial charge < -0.3 is 10.4 Å². The molecule has 94 valence electrons. The highest BCUT2D eigenvalue weighted by atomic mass is 35.5. The average molecular weight is 276 g/mol. The van der Waals surface area contributed by atoms with Crippen LogP contribution in [-0.2, 0) is 0 Å². The van der Waals surface area contributed by atoms with Crippen LogP contribution >= 0.6 is 23.2 Å². The van der Waals surface area contributed by atoms with E-state index in [0.29, 0.717) is 17.0 Å². The Morgan fingerprint density at radius 2 is 2.06 bits per heavy atom. The van der Waals surface area contributed by atoms with Gasteiger partial charge in [0, 0.05) is 12.1 Å². The van der Waals surface area contributed by atoms with Gasteiger partial charge in [0.2, 0.25) is 0 Å². The number of aliphatic hydroxyl groups is 1. The fourth-order valence-electron chi connectivity index (χ4n) is 1.40. The summed E-state index contributed by atoms with van der Waals surface area (Å²) in [4.78, 5) is 12.0. The summed E-state index contributed by atoms with van der Waals surface area (Å²) in [6.45, 7) is 3.68. The van der Waals surface area contributed by atoms with Crippen LogP contribution in [0, 0.1) is 0 Å². The van der Waals surface area contributed by atoms with E-state index in [1.54, 1.807) is 18.2 Å². The van der Waals surface area contributed by atoms with Crippen molar-refractivity contribution in [3.63, 3.8) is 0 Å². The SMILES string of the molecule is CC(C)(CCO)NC(=O)c1cccc(Cl)c1Cl. The predicted octanol–water partition coefficient (Wildman–Crippen LogP) is 2.88. The van der Waals surface area contributed by atoms with E-state index in [1.165, 1.54) is 0 Å². The summed E-state index contributed by atoms with van der Waals surface area (Å²) in [5, 5.41) is 12.3. The molecule has 1 aromatic rings. The molecule has 0 aliphatic heterocycles. The maximum Gasteiger partial charge on any atom is 0.253 e. The van der Waals surface area contributed by atoms with Gasteiger partial charge in [-0.25, -0.2) is 0 Å². The number of carbonyl (C=O) groups excluding carboxylic acids is 1. The van der Waals surface area contributed by atoms with Crippen LogP contribution in [0.3, 0.4) is 0 Å². The largest absolute Gasteiger partial charge is 0.396 e. The van der Waals surface area contributed by atoms with Gasteiger partial charge in [0.05, 0.1) is 15.6 Å². The summed E-state index contributed by atoms with van der Waals surface area (Å²) >= 11 is 11.8. The summed E-state index contributed by atoms with van der Waals surface area (Å²) in [6, 6.07) is 4.90. The van der Waals surface area contributed by atoms with Gasteiger partial charge in [0.15, 0.2) is 0 Å². The zero-order valence-corrected chi connectivity index (χ0v) is 11.3. The molecule has 0 aliphatic rings. The van der Waals surface area contributed by atoms with Crippen LogP contribution in [0.5, 0.6) is 0 Å². The predicted molar refractivity (Wildman–Crippen MR) is 69.7 cm³/mol. The van der Waals surface area contributed by atoms with E-state index in [0.717, 1.165) is 0 Å². The third kappa shape index (κ3) is 3.87. The monoisotopic (exact) mass is 275 g/mol. The van der Waals surface area contributed by atoms with Crippen molar-refractivity contribution in [1.82, 2.24) is 5.32 Å². The van der Waals surface area contributed by atoms with Crippen molar-refractivity contribution in [3.05, 3.63) is 33.8 Å². The first-order chi connectivity index (χ1) is 7.87. The third-order valence-electron chi connectivity index (χ3n) is 2.38. The zero-order chi connectivity index (χ0) is 13.1. The second kappa shape index (κ2) is 5.71. The summed E-state index contributed by atoms with van der Waals surface area (Å²) in [6.07, 6.45) is 0.469. The van der Waals surface area contributed by atoms with E-state index in [4.69, 9.17) is 28.3 Å². The molecule has 0 fully saturated rings. The number of rotatable bonds is 4. The minimum absolute atomic E-state index is 0.0105. The van der Waals surface area contributed by atoms with Gasteiger partial charge in [0.25, 0.3) is 5.91 Å². The fraction of sp³-hybridized carbons (Fsp3) is 0.417. The summed E-state index contributed by atoms with van der Waals surface area (Å²) in [5.74, 6) is -0.295. The Bertz CT molecular complexity index is 419. The minimum Gasteiger partial charge on any atom is -0.396 e. The van der Waals surface area contributed by atoms with Crippen molar-refractivity contribution >= 4 is 29.1 Å². The smallest absolute Gasteiger partial charge is 0.253 e. The molecule has 0 radical (unpaired) electrons. The topological polar surface area (TPSA) is 49.3 Å². The standard InChI is InChI=1S/C12H15Cl2NO2/c1-12(2,6-7-16)15-11(17)8-4-3-5-9(13)10(8)14/h3-5,16H,6-7H2,1-2H3,(H,15,17). The molecule has 0 unspecified atom stereocenters. The number of aliphatic hydroxyl groups excluding tert-OH is 1. The number of carbonyl (C=O) groups is 1. The average Bonchev–Trinajstić information content (AvgIpc) is 2.21. The molecular weight excluding hydrogens is 261 g/mol. The van der Waals surface area contributed by atoms with Crippen molar-refractivity contribution in [2.75, 3.05) is 6.61 Å². The number of halogens is 2. The van der Waals surface area contributed by atoms with E-state index in [1.807, 2.05) is 13.8 Å². The Labute approximate surface area is 111 Å². The van der Waals surface area contributed by atoms with Gasteiger partial charge in [0.1, 0.15) is 0 Å². The fourth-order valence-corrected chi connectivity index (χ4v) is 1.78.